The average Bonchev–Trinajstić information content (AvgIpc) is 3.27. The number of hydrogen-bond acceptors (Lipinski definition) is 4. The summed E-state index contributed by atoms with van der Waals surface area (Å²) in [5.74, 6) is 0. The molecule has 0 aromatic heterocycles. The first-order valence-electron chi connectivity index (χ1n) is 12.5. The smallest absolute Gasteiger partial charge is 0.0648 e. The highest BCUT2D eigenvalue weighted by Crippen LogP contribution is 2.27. The van der Waals surface area contributed by atoms with Gasteiger partial charge in [0.25, 0.3) is 0 Å². The zero-order chi connectivity index (χ0) is 23.1. The highest BCUT2D eigenvalue weighted by atomic mass is 15.3. The van der Waals surface area contributed by atoms with Gasteiger partial charge in [0, 0.05) is 36.7 Å². The maximum Gasteiger partial charge on any atom is 0.0648 e. The van der Waals surface area contributed by atoms with Crippen LogP contribution in [0.3, 0.4) is 0 Å². The molecule has 2 N–H and O–H groups in total. The molecular weight excluding hydrogens is 392 g/mol. The number of nitrogens with one attached hydrogen (secondary N) is 2. The van der Waals surface area contributed by atoms with Gasteiger partial charge in [-0.1, -0.05) is 50.9 Å². The second kappa shape index (κ2) is 11.6. The van der Waals surface area contributed by atoms with E-state index in [9.17, 15) is 0 Å². The van der Waals surface area contributed by atoms with Crippen LogP contribution >= 0.6 is 0 Å². The van der Waals surface area contributed by atoms with Crippen LogP contribution in [0.25, 0.3) is 0 Å². The molecule has 3 atom stereocenters. The molecule has 176 valence electrons. The van der Waals surface area contributed by atoms with E-state index in [1.54, 1.807) is 0 Å². The fraction of sp³-hybridized carbons (Fsp3) is 0.571. The minimum Gasteiger partial charge on any atom is -0.387 e. The first kappa shape index (κ1) is 24.4. The van der Waals surface area contributed by atoms with Crippen LogP contribution in [0.5, 0.6) is 0 Å². The van der Waals surface area contributed by atoms with Crippen molar-refractivity contribution in [2.45, 2.75) is 76.9 Å². The Kier molecular flexibility index (Phi) is 8.86. The van der Waals surface area contributed by atoms with Gasteiger partial charge >= 0.3 is 0 Å². The Morgan fingerprint density at radius 1 is 0.969 bits per heavy atom. The van der Waals surface area contributed by atoms with Crippen molar-refractivity contribution in [3.05, 3.63) is 72.2 Å². The van der Waals surface area contributed by atoms with Gasteiger partial charge in [-0.25, -0.2) is 0 Å². The normalized spacial score (nSPS) is 27.0. The molecule has 4 nitrogen and oxygen atoms in total. The third-order valence-corrected chi connectivity index (χ3v) is 7.46. The number of nitrogens with zero attached hydrogens (tertiary/aromatic N) is 2. The first-order chi connectivity index (χ1) is 15.4. The van der Waals surface area contributed by atoms with Gasteiger partial charge in [0.1, 0.15) is 0 Å². The van der Waals surface area contributed by atoms with Gasteiger partial charge < -0.3 is 15.5 Å². The summed E-state index contributed by atoms with van der Waals surface area (Å²) in [6, 6.07) is 9.78. The van der Waals surface area contributed by atoms with E-state index in [4.69, 9.17) is 0 Å². The summed E-state index contributed by atoms with van der Waals surface area (Å²) in [7, 11) is 2.17. The van der Waals surface area contributed by atoms with Crippen molar-refractivity contribution in [2.24, 2.45) is 0 Å². The molecule has 2 aliphatic rings. The SMILES string of the molecule is C=C1N[C@H](CC)C(=C)NCCCc2ccccc2CCCN2CCCC2C(=C)N(C)[C@@H]1C. The molecule has 3 rings (SSSR count). The number of likely N-dealkylation sites (N-methyl/N-ethyl adjacent to an activating group) is 1. The zero-order valence-electron chi connectivity index (χ0n) is 20.6. The highest BCUT2D eigenvalue weighted by molar-refractivity contribution is 5.27. The van der Waals surface area contributed by atoms with Crippen LogP contribution in [0.4, 0.5) is 0 Å². The molecule has 0 saturated carbocycles. The molecule has 1 aromatic rings. The van der Waals surface area contributed by atoms with E-state index in [1.807, 2.05) is 0 Å². The lowest BCUT2D eigenvalue weighted by Gasteiger charge is -2.37. The minimum atomic E-state index is 0.178. The molecule has 0 radical (unpaired) electrons. The Balaban J connectivity index is 1.79. The molecule has 1 fully saturated rings. The summed E-state index contributed by atoms with van der Waals surface area (Å²) < 4.78 is 0. The van der Waals surface area contributed by atoms with Crippen molar-refractivity contribution in [3.8, 4) is 0 Å². The topological polar surface area (TPSA) is 30.5 Å². The predicted octanol–water partition coefficient (Wildman–Crippen LogP) is 4.85. The molecule has 4 heteroatoms. The van der Waals surface area contributed by atoms with Gasteiger partial charge in [-0.15, -0.1) is 0 Å². The van der Waals surface area contributed by atoms with Crippen LogP contribution in [0.1, 0.15) is 57.1 Å². The quantitative estimate of drug-likeness (QED) is 0.659. The Morgan fingerprint density at radius 2 is 1.62 bits per heavy atom. The maximum atomic E-state index is 4.53. The zero-order valence-corrected chi connectivity index (χ0v) is 20.6. The van der Waals surface area contributed by atoms with E-state index in [-0.39, 0.29) is 12.1 Å². The van der Waals surface area contributed by atoms with Crippen LogP contribution in [-0.4, -0.2) is 54.6 Å². The van der Waals surface area contributed by atoms with E-state index in [2.05, 4.69) is 85.3 Å². The van der Waals surface area contributed by atoms with Gasteiger partial charge in [0.2, 0.25) is 0 Å². The fourth-order valence-corrected chi connectivity index (χ4v) is 5.14. The third-order valence-electron chi connectivity index (χ3n) is 7.46. The van der Waals surface area contributed by atoms with Gasteiger partial charge in [-0.2, -0.15) is 0 Å². The number of aryl methyl sites for hydroxylation is 2. The van der Waals surface area contributed by atoms with E-state index >= 15 is 0 Å². The molecule has 2 heterocycles. The van der Waals surface area contributed by atoms with Gasteiger partial charge in [0.05, 0.1) is 12.1 Å². The number of hydrogen-bond donors (Lipinski definition) is 2. The summed E-state index contributed by atoms with van der Waals surface area (Å²) in [6.07, 6.45) is 7.99. The number of rotatable bonds is 1. The predicted molar refractivity (Wildman–Crippen MR) is 138 cm³/mol. The van der Waals surface area contributed by atoms with Gasteiger partial charge in [-0.3, -0.25) is 4.90 Å². The Bertz CT molecular complexity index is 798. The average molecular weight is 437 g/mol. The lowest BCUT2D eigenvalue weighted by atomic mass is 9.98. The third kappa shape index (κ3) is 5.98. The molecule has 0 spiro atoms. The van der Waals surface area contributed by atoms with Crippen molar-refractivity contribution in [3.63, 3.8) is 0 Å². The number of benzene rings is 1. The standard InChI is InChI=1S/C28H44N4/c1-7-27-22(3)29-18-10-15-25-13-8-9-14-26(25)16-11-19-32-20-12-17-28(32)24(5)31(6)23(4)21(2)30-27/h8-9,13-14,23,27-30H,2-3,5,7,10-12,15-20H2,1,4,6H3/t23-,27-,28?/m1/s1. The van der Waals surface area contributed by atoms with E-state index in [1.165, 1.54) is 42.6 Å². The molecule has 1 saturated heterocycles. The van der Waals surface area contributed by atoms with Crippen LogP contribution in [0, 0.1) is 0 Å². The fourth-order valence-electron chi connectivity index (χ4n) is 5.14. The molecule has 2 aliphatic heterocycles. The molecule has 32 heavy (non-hydrogen) atoms. The number of fused-ring (bicyclic) bond motifs is 2. The summed E-state index contributed by atoms with van der Waals surface area (Å²) >= 11 is 0. The van der Waals surface area contributed by atoms with E-state index in [0.29, 0.717) is 6.04 Å². The second-order valence-electron chi connectivity index (χ2n) is 9.53. The van der Waals surface area contributed by atoms with Crippen LogP contribution < -0.4 is 10.6 Å². The molecular formula is C28H44N4. The summed E-state index contributed by atoms with van der Waals surface area (Å²) in [5.41, 5.74) is 6.30. The lowest BCUT2D eigenvalue weighted by Crippen LogP contribution is -2.45. The van der Waals surface area contributed by atoms with Crippen molar-refractivity contribution in [1.82, 2.24) is 20.4 Å². The first-order valence-corrected chi connectivity index (χ1v) is 12.5. The van der Waals surface area contributed by atoms with Crippen molar-refractivity contribution in [2.75, 3.05) is 26.7 Å². The second-order valence-corrected chi connectivity index (χ2v) is 9.53. The van der Waals surface area contributed by atoms with Crippen LogP contribution in [0.15, 0.2) is 61.1 Å². The Labute approximate surface area is 196 Å². The van der Waals surface area contributed by atoms with Gasteiger partial charge in [0.15, 0.2) is 0 Å². The lowest BCUT2D eigenvalue weighted by molar-refractivity contribution is 0.222. The molecule has 0 aliphatic carbocycles. The largest absolute Gasteiger partial charge is 0.387 e. The van der Waals surface area contributed by atoms with Crippen LogP contribution in [-0.2, 0) is 12.8 Å². The Hall–Kier alpha value is -2.20. The highest BCUT2D eigenvalue weighted by Gasteiger charge is 2.30. The molecule has 1 aromatic carbocycles. The molecule has 1 unspecified atom stereocenters. The monoisotopic (exact) mass is 436 g/mol. The van der Waals surface area contributed by atoms with Gasteiger partial charge in [-0.05, 0) is 76.1 Å². The van der Waals surface area contributed by atoms with Crippen molar-refractivity contribution < 1.29 is 0 Å². The summed E-state index contributed by atoms with van der Waals surface area (Å²) in [5, 5.41) is 7.21. The summed E-state index contributed by atoms with van der Waals surface area (Å²) in [4.78, 5) is 4.97. The van der Waals surface area contributed by atoms with Crippen molar-refractivity contribution >= 4 is 0 Å². The van der Waals surface area contributed by atoms with Crippen LogP contribution in [0.2, 0.25) is 0 Å². The van der Waals surface area contributed by atoms with E-state index < -0.39 is 0 Å². The maximum absolute atomic E-state index is 4.53. The summed E-state index contributed by atoms with van der Waals surface area (Å²) in [6.45, 7) is 20.9. The minimum absolute atomic E-state index is 0.178. The Morgan fingerprint density at radius 3 is 2.31 bits per heavy atom. The molecule has 0 bridgehead atoms. The van der Waals surface area contributed by atoms with Crippen molar-refractivity contribution in [1.29, 1.82) is 0 Å². The molecule has 0 amide bonds. The van der Waals surface area contributed by atoms with E-state index in [0.717, 1.165) is 50.2 Å².